The van der Waals surface area contributed by atoms with Gasteiger partial charge in [-0.1, -0.05) is 68.0 Å². The molecule has 0 fully saturated rings. The lowest BCUT2D eigenvalue weighted by Crippen LogP contribution is -2.29. The van der Waals surface area contributed by atoms with E-state index in [9.17, 15) is 9.59 Å². The minimum atomic E-state index is -0.449. The minimum Gasteiger partial charge on any atom is -0.267 e. The zero-order chi connectivity index (χ0) is 20.6. The molecule has 6 nitrogen and oxygen atoms in total. The number of nitrogens with one attached hydrogen (secondary N) is 1. The molecule has 0 spiro atoms. The lowest BCUT2D eigenvalue weighted by Gasteiger charge is -2.09. The molecule has 0 saturated heterocycles. The average molecular weight is 388 g/mol. The summed E-state index contributed by atoms with van der Waals surface area (Å²) in [7, 11) is 0. The van der Waals surface area contributed by atoms with Crippen molar-refractivity contribution in [3.63, 3.8) is 0 Å². The summed E-state index contributed by atoms with van der Waals surface area (Å²) in [6.07, 6.45) is 5.29. The molecule has 3 aromatic rings. The fourth-order valence-corrected chi connectivity index (χ4v) is 2.96. The Labute approximate surface area is 169 Å². The number of amides is 1. The van der Waals surface area contributed by atoms with Crippen LogP contribution in [-0.4, -0.2) is 21.9 Å². The number of aryl methyl sites for hydroxylation is 1. The first kappa shape index (κ1) is 20.2. The molecule has 0 unspecified atom stereocenters. The normalized spacial score (nSPS) is 11.9. The van der Waals surface area contributed by atoms with Crippen molar-refractivity contribution in [2.75, 3.05) is 0 Å². The Morgan fingerprint density at radius 2 is 1.79 bits per heavy atom. The Hall–Kier alpha value is -3.54. The van der Waals surface area contributed by atoms with E-state index in [4.69, 9.17) is 0 Å². The number of hydrogen-bond acceptors (Lipinski definition) is 4. The van der Waals surface area contributed by atoms with Crippen molar-refractivity contribution in [1.82, 2.24) is 15.2 Å². The van der Waals surface area contributed by atoms with Gasteiger partial charge in [-0.2, -0.15) is 10.2 Å². The maximum Gasteiger partial charge on any atom is 0.292 e. The Morgan fingerprint density at radius 1 is 1.10 bits per heavy atom. The van der Waals surface area contributed by atoms with Gasteiger partial charge in [0.15, 0.2) is 5.69 Å². The Kier molecular flexibility index (Phi) is 6.68. The molecule has 0 radical (unpaired) electrons. The van der Waals surface area contributed by atoms with Gasteiger partial charge in [0.25, 0.3) is 11.5 Å². The fourth-order valence-electron chi connectivity index (χ4n) is 2.96. The summed E-state index contributed by atoms with van der Waals surface area (Å²) in [6, 6.07) is 16.9. The second-order valence-corrected chi connectivity index (χ2v) is 6.77. The van der Waals surface area contributed by atoms with E-state index >= 15 is 0 Å². The van der Waals surface area contributed by atoms with Gasteiger partial charge in [0.05, 0.1) is 11.6 Å². The monoisotopic (exact) mass is 388 g/mol. The highest BCUT2D eigenvalue weighted by Crippen LogP contribution is 2.13. The quantitative estimate of drug-likeness (QED) is 0.491. The smallest absolute Gasteiger partial charge is 0.267 e. The van der Waals surface area contributed by atoms with E-state index in [2.05, 4.69) is 15.6 Å². The predicted molar refractivity (Wildman–Crippen MR) is 117 cm³/mol. The van der Waals surface area contributed by atoms with Crippen molar-refractivity contribution in [2.24, 2.45) is 5.10 Å². The molecule has 0 aliphatic heterocycles. The Bertz CT molecular complexity index is 1110. The van der Waals surface area contributed by atoms with Gasteiger partial charge < -0.3 is 0 Å². The van der Waals surface area contributed by atoms with Crippen LogP contribution in [0.1, 0.15) is 42.7 Å². The molecule has 6 heteroatoms. The summed E-state index contributed by atoms with van der Waals surface area (Å²) in [5, 5.41) is 9.35. The van der Waals surface area contributed by atoms with Gasteiger partial charge in [-0.25, -0.2) is 10.1 Å². The molecule has 148 valence electrons. The van der Waals surface area contributed by atoms with Crippen LogP contribution in [0.3, 0.4) is 0 Å². The zero-order valence-electron chi connectivity index (χ0n) is 16.6. The predicted octanol–water partition coefficient (Wildman–Crippen LogP) is 4.02. The van der Waals surface area contributed by atoms with Crippen molar-refractivity contribution >= 4 is 29.0 Å². The molecule has 0 saturated carbocycles. The highest BCUT2D eigenvalue weighted by atomic mass is 16.2. The highest BCUT2D eigenvalue weighted by molar-refractivity contribution is 6.05. The summed E-state index contributed by atoms with van der Waals surface area (Å²) in [5.74, 6) is -0.449. The van der Waals surface area contributed by atoms with Crippen LogP contribution in [0, 0.1) is 0 Å². The summed E-state index contributed by atoms with van der Waals surface area (Å²) >= 11 is 0. The first-order valence-corrected chi connectivity index (χ1v) is 9.66. The fraction of sp³-hybridized carbons (Fsp3) is 0.217. The average Bonchev–Trinajstić information content (AvgIpc) is 2.74. The van der Waals surface area contributed by atoms with Gasteiger partial charge in [0.1, 0.15) is 0 Å². The van der Waals surface area contributed by atoms with Crippen LogP contribution in [0.25, 0.3) is 16.8 Å². The largest absolute Gasteiger partial charge is 0.292 e. The third-order valence-corrected chi connectivity index (χ3v) is 4.43. The van der Waals surface area contributed by atoms with E-state index in [0.717, 1.165) is 24.0 Å². The van der Waals surface area contributed by atoms with Crippen LogP contribution in [0.4, 0.5) is 0 Å². The number of aromatic nitrogens is 2. The van der Waals surface area contributed by atoms with Crippen LogP contribution in [0.15, 0.2) is 70.1 Å². The van der Waals surface area contributed by atoms with E-state index in [1.54, 1.807) is 30.5 Å². The number of allylic oxidation sites excluding steroid dienone is 1. The standard InChI is InChI=1S/C23H24N4O2/c1-3-4-14-27-23(29)20-13-9-8-12-19(20)21(26-27)22(28)25-24-16-17(2)15-18-10-6-5-7-11-18/h5-13,15-16H,3-4,14H2,1-2H3,(H,25,28)/b17-15+,24-16-. The Balaban J connectivity index is 1.84. The lowest BCUT2D eigenvalue weighted by molar-refractivity contribution is 0.0949. The van der Waals surface area contributed by atoms with Gasteiger partial charge in [-0.15, -0.1) is 0 Å². The van der Waals surface area contributed by atoms with E-state index in [1.165, 1.54) is 4.68 Å². The molecule has 0 atom stereocenters. The van der Waals surface area contributed by atoms with Gasteiger partial charge in [0, 0.05) is 11.9 Å². The van der Waals surface area contributed by atoms with Crippen LogP contribution in [0.2, 0.25) is 0 Å². The van der Waals surface area contributed by atoms with Crippen molar-refractivity contribution in [1.29, 1.82) is 0 Å². The Morgan fingerprint density at radius 3 is 2.52 bits per heavy atom. The molecule has 1 heterocycles. The topological polar surface area (TPSA) is 76.3 Å². The first-order chi connectivity index (χ1) is 14.1. The molecule has 1 N–H and O–H groups in total. The van der Waals surface area contributed by atoms with Crippen LogP contribution in [-0.2, 0) is 6.54 Å². The molecule has 0 bridgehead atoms. The third kappa shape index (κ3) is 5.04. The number of fused-ring (bicyclic) bond motifs is 1. The van der Waals surface area contributed by atoms with Crippen molar-refractivity contribution in [2.45, 2.75) is 33.2 Å². The summed E-state index contributed by atoms with van der Waals surface area (Å²) in [6.45, 7) is 4.42. The first-order valence-electron chi connectivity index (χ1n) is 9.66. The number of carbonyl (C=O) groups is 1. The van der Waals surface area contributed by atoms with Crippen molar-refractivity contribution in [3.05, 3.63) is 81.8 Å². The van der Waals surface area contributed by atoms with Crippen LogP contribution >= 0.6 is 0 Å². The molecule has 3 rings (SSSR count). The SMILES string of the molecule is CCCCn1nc(C(=O)N/N=C\C(C)=C\c2ccccc2)c2ccccc2c1=O. The van der Waals surface area contributed by atoms with Crippen molar-refractivity contribution < 1.29 is 4.79 Å². The molecule has 1 aromatic heterocycles. The van der Waals surface area contributed by atoms with Gasteiger partial charge >= 0.3 is 0 Å². The zero-order valence-corrected chi connectivity index (χ0v) is 16.6. The molecule has 0 aliphatic rings. The molecule has 29 heavy (non-hydrogen) atoms. The molecule has 2 aromatic carbocycles. The number of benzene rings is 2. The second-order valence-electron chi connectivity index (χ2n) is 6.77. The van der Waals surface area contributed by atoms with E-state index in [1.807, 2.05) is 50.3 Å². The summed E-state index contributed by atoms with van der Waals surface area (Å²) in [5.41, 5.74) is 4.48. The van der Waals surface area contributed by atoms with Gasteiger partial charge in [0.2, 0.25) is 0 Å². The molecule has 1 amide bonds. The highest BCUT2D eigenvalue weighted by Gasteiger charge is 2.16. The molecule has 0 aliphatic carbocycles. The maximum atomic E-state index is 12.7. The third-order valence-electron chi connectivity index (χ3n) is 4.43. The number of carbonyl (C=O) groups excluding carboxylic acids is 1. The number of hydrazone groups is 1. The minimum absolute atomic E-state index is 0.184. The number of hydrogen-bond donors (Lipinski definition) is 1. The molecular weight excluding hydrogens is 364 g/mol. The number of nitrogens with zero attached hydrogens (tertiary/aromatic N) is 3. The van der Waals surface area contributed by atoms with Crippen LogP contribution in [0.5, 0.6) is 0 Å². The number of unbranched alkanes of at least 4 members (excludes halogenated alkanes) is 1. The van der Waals surface area contributed by atoms with E-state index < -0.39 is 5.91 Å². The number of rotatable bonds is 7. The van der Waals surface area contributed by atoms with E-state index in [0.29, 0.717) is 17.3 Å². The molecular formula is C23H24N4O2. The lowest BCUT2D eigenvalue weighted by atomic mass is 10.1. The van der Waals surface area contributed by atoms with E-state index in [-0.39, 0.29) is 11.3 Å². The maximum absolute atomic E-state index is 12.7. The second kappa shape index (κ2) is 9.59. The van der Waals surface area contributed by atoms with Gasteiger partial charge in [-0.05, 0) is 30.5 Å². The summed E-state index contributed by atoms with van der Waals surface area (Å²) < 4.78 is 1.37. The van der Waals surface area contributed by atoms with Gasteiger partial charge in [-0.3, -0.25) is 9.59 Å². The van der Waals surface area contributed by atoms with Crippen molar-refractivity contribution in [3.8, 4) is 0 Å². The van der Waals surface area contributed by atoms with Crippen LogP contribution < -0.4 is 11.0 Å². The summed E-state index contributed by atoms with van der Waals surface area (Å²) in [4.78, 5) is 25.3.